The van der Waals surface area contributed by atoms with Crippen molar-refractivity contribution in [2.75, 3.05) is 29.7 Å². The van der Waals surface area contributed by atoms with Gasteiger partial charge in [-0.25, -0.2) is 0 Å². The zero-order valence-corrected chi connectivity index (χ0v) is 16.4. The number of aryl methyl sites for hydroxylation is 1. The van der Waals surface area contributed by atoms with Crippen LogP contribution >= 0.6 is 23.2 Å². The van der Waals surface area contributed by atoms with Gasteiger partial charge in [0.1, 0.15) is 5.75 Å². The van der Waals surface area contributed by atoms with Gasteiger partial charge in [-0.3, -0.25) is 4.79 Å². The quantitative estimate of drug-likeness (QED) is 0.225. The summed E-state index contributed by atoms with van der Waals surface area (Å²) in [6.45, 7) is 1.46. The van der Waals surface area contributed by atoms with Crippen molar-refractivity contribution in [3.05, 3.63) is 60.2 Å². The molecule has 5 heteroatoms. The molecule has 2 aromatic carbocycles. The topological polar surface area (TPSA) is 29.5 Å². The standard InChI is InChI=1S/C21H25Cl2NO2/c22-14-16-24(17-15-23)19-10-12-20(13-11-19)26-21(25)9-5-4-8-18-6-2-1-3-7-18/h1-3,6-7,10-13H,4-5,8-9,14-17H2. The van der Waals surface area contributed by atoms with Gasteiger partial charge in [-0.2, -0.15) is 0 Å². The van der Waals surface area contributed by atoms with Crippen LogP contribution in [0.5, 0.6) is 5.75 Å². The lowest BCUT2D eigenvalue weighted by molar-refractivity contribution is -0.134. The van der Waals surface area contributed by atoms with E-state index in [2.05, 4.69) is 17.0 Å². The van der Waals surface area contributed by atoms with Crippen molar-refractivity contribution in [1.82, 2.24) is 0 Å². The molecule has 0 heterocycles. The molecule has 2 aromatic rings. The molecule has 0 spiro atoms. The normalized spacial score (nSPS) is 10.5. The first-order valence-electron chi connectivity index (χ1n) is 8.94. The van der Waals surface area contributed by atoms with E-state index in [9.17, 15) is 4.79 Å². The number of rotatable bonds is 11. The Balaban J connectivity index is 1.74. The van der Waals surface area contributed by atoms with Crippen molar-refractivity contribution in [2.45, 2.75) is 25.7 Å². The molecule has 0 unspecified atom stereocenters. The highest BCUT2D eigenvalue weighted by Gasteiger charge is 2.08. The van der Waals surface area contributed by atoms with Crippen LogP contribution in [0.4, 0.5) is 5.69 Å². The minimum Gasteiger partial charge on any atom is -0.427 e. The number of hydrogen-bond acceptors (Lipinski definition) is 3. The number of hydrogen-bond donors (Lipinski definition) is 0. The molecule has 0 atom stereocenters. The molecule has 0 saturated carbocycles. The minimum atomic E-state index is -0.191. The maximum atomic E-state index is 12.0. The Labute approximate surface area is 165 Å². The number of unbranched alkanes of at least 4 members (excludes halogenated alkanes) is 1. The van der Waals surface area contributed by atoms with Crippen LogP contribution in [-0.2, 0) is 11.2 Å². The number of carbonyl (C=O) groups is 1. The first kappa shape index (κ1) is 20.6. The number of nitrogens with zero attached hydrogens (tertiary/aromatic N) is 1. The van der Waals surface area contributed by atoms with Gasteiger partial charge < -0.3 is 9.64 Å². The van der Waals surface area contributed by atoms with Crippen molar-refractivity contribution in [2.24, 2.45) is 0 Å². The summed E-state index contributed by atoms with van der Waals surface area (Å²) in [5.41, 5.74) is 2.32. The van der Waals surface area contributed by atoms with Gasteiger partial charge in [0.25, 0.3) is 0 Å². The summed E-state index contributed by atoms with van der Waals surface area (Å²) in [6.07, 6.45) is 3.22. The summed E-state index contributed by atoms with van der Waals surface area (Å²) < 4.78 is 5.41. The summed E-state index contributed by atoms with van der Waals surface area (Å²) in [4.78, 5) is 14.1. The fourth-order valence-electron chi connectivity index (χ4n) is 2.72. The second-order valence-corrected chi connectivity index (χ2v) is 6.78. The Hall–Kier alpha value is -1.71. The minimum absolute atomic E-state index is 0.191. The summed E-state index contributed by atoms with van der Waals surface area (Å²) in [5, 5.41) is 0. The highest BCUT2D eigenvalue weighted by molar-refractivity contribution is 6.18. The maximum Gasteiger partial charge on any atom is 0.311 e. The molecule has 0 aliphatic heterocycles. The third kappa shape index (κ3) is 7.27. The summed E-state index contributed by atoms with van der Waals surface area (Å²) in [5.74, 6) is 1.45. The Bertz CT molecular complexity index is 641. The molecular formula is C21H25Cl2NO2. The molecule has 2 rings (SSSR count). The van der Waals surface area contributed by atoms with E-state index in [-0.39, 0.29) is 5.97 Å². The van der Waals surface area contributed by atoms with Crippen LogP contribution in [0, 0.1) is 0 Å². The number of anilines is 1. The molecule has 3 nitrogen and oxygen atoms in total. The predicted octanol–water partition coefficient (Wildman–Crippen LogP) is 5.29. The van der Waals surface area contributed by atoms with Crippen LogP contribution in [-0.4, -0.2) is 30.8 Å². The van der Waals surface area contributed by atoms with E-state index in [1.54, 1.807) is 0 Å². The lowest BCUT2D eigenvalue weighted by Gasteiger charge is -2.22. The second-order valence-electron chi connectivity index (χ2n) is 6.03. The van der Waals surface area contributed by atoms with Crippen molar-refractivity contribution in [3.63, 3.8) is 0 Å². The molecule has 0 aliphatic carbocycles. The van der Waals surface area contributed by atoms with Gasteiger partial charge in [0.05, 0.1) is 0 Å². The largest absolute Gasteiger partial charge is 0.427 e. The third-order valence-corrected chi connectivity index (χ3v) is 4.42. The molecule has 0 amide bonds. The number of ether oxygens (including phenoxy) is 1. The van der Waals surface area contributed by atoms with Crippen LogP contribution in [0.15, 0.2) is 54.6 Å². The van der Waals surface area contributed by atoms with Gasteiger partial charge in [0.15, 0.2) is 0 Å². The van der Waals surface area contributed by atoms with Crippen molar-refractivity contribution in [3.8, 4) is 5.75 Å². The van der Waals surface area contributed by atoms with Gasteiger partial charge in [0.2, 0.25) is 0 Å². The monoisotopic (exact) mass is 393 g/mol. The highest BCUT2D eigenvalue weighted by atomic mass is 35.5. The Morgan fingerprint density at radius 1 is 0.885 bits per heavy atom. The third-order valence-electron chi connectivity index (χ3n) is 4.08. The molecule has 0 fully saturated rings. The molecule has 0 aromatic heterocycles. The van der Waals surface area contributed by atoms with Crippen LogP contribution in [0.3, 0.4) is 0 Å². The number of esters is 1. The number of alkyl halides is 2. The highest BCUT2D eigenvalue weighted by Crippen LogP contribution is 2.20. The van der Waals surface area contributed by atoms with Gasteiger partial charge in [-0.1, -0.05) is 30.3 Å². The molecule has 0 bridgehead atoms. The van der Waals surface area contributed by atoms with E-state index in [0.29, 0.717) is 23.9 Å². The van der Waals surface area contributed by atoms with Crippen molar-refractivity contribution in [1.29, 1.82) is 0 Å². The first-order chi connectivity index (χ1) is 12.7. The summed E-state index contributed by atoms with van der Waals surface area (Å²) >= 11 is 11.7. The van der Waals surface area contributed by atoms with Gasteiger partial charge in [-0.05, 0) is 49.1 Å². The average molecular weight is 394 g/mol. The molecular weight excluding hydrogens is 369 g/mol. The Morgan fingerprint density at radius 3 is 2.15 bits per heavy atom. The second kappa shape index (κ2) is 11.8. The van der Waals surface area contributed by atoms with Crippen LogP contribution < -0.4 is 9.64 Å². The average Bonchev–Trinajstić information content (AvgIpc) is 2.67. The molecule has 0 saturated heterocycles. The SMILES string of the molecule is O=C(CCCCc1ccccc1)Oc1ccc(N(CCCl)CCCl)cc1. The van der Waals surface area contributed by atoms with E-state index in [1.807, 2.05) is 42.5 Å². The van der Waals surface area contributed by atoms with E-state index in [0.717, 1.165) is 38.0 Å². The van der Waals surface area contributed by atoms with Crippen LogP contribution in [0.2, 0.25) is 0 Å². The Kier molecular flexibility index (Phi) is 9.36. The fraction of sp³-hybridized carbons (Fsp3) is 0.381. The zero-order chi connectivity index (χ0) is 18.6. The lowest BCUT2D eigenvalue weighted by Crippen LogP contribution is -2.27. The number of benzene rings is 2. The molecule has 0 N–H and O–H groups in total. The first-order valence-corrected chi connectivity index (χ1v) is 10.0. The van der Waals surface area contributed by atoms with Crippen molar-refractivity contribution >= 4 is 34.9 Å². The summed E-state index contributed by atoms with van der Waals surface area (Å²) in [7, 11) is 0. The van der Waals surface area contributed by atoms with Gasteiger partial charge >= 0.3 is 5.97 Å². The number of halogens is 2. The van der Waals surface area contributed by atoms with E-state index in [4.69, 9.17) is 27.9 Å². The van der Waals surface area contributed by atoms with Crippen molar-refractivity contribution < 1.29 is 9.53 Å². The molecule has 0 radical (unpaired) electrons. The molecule has 0 aliphatic rings. The smallest absolute Gasteiger partial charge is 0.311 e. The van der Waals surface area contributed by atoms with Crippen LogP contribution in [0.1, 0.15) is 24.8 Å². The molecule has 26 heavy (non-hydrogen) atoms. The summed E-state index contributed by atoms with van der Waals surface area (Å²) in [6, 6.07) is 17.8. The fourth-order valence-corrected chi connectivity index (χ4v) is 3.13. The Morgan fingerprint density at radius 2 is 1.54 bits per heavy atom. The van der Waals surface area contributed by atoms with Gasteiger partial charge in [0, 0.05) is 37.0 Å². The lowest BCUT2D eigenvalue weighted by atomic mass is 10.1. The van der Waals surface area contributed by atoms with Crippen LogP contribution in [0.25, 0.3) is 0 Å². The van der Waals surface area contributed by atoms with E-state index < -0.39 is 0 Å². The van der Waals surface area contributed by atoms with Gasteiger partial charge in [-0.15, -0.1) is 23.2 Å². The van der Waals surface area contributed by atoms with E-state index >= 15 is 0 Å². The number of carbonyl (C=O) groups excluding carboxylic acids is 1. The van der Waals surface area contributed by atoms with E-state index in [1.165, 1.54) is 5.56 Å². The predicted molar refractivity (Wildman–Crippen MR) is 110 cm³/mol. The molecule has 140 valence electrons. The zero-order valence-electron chi connectivity index (χ0n) is 14.9. The maximum absolute atomic E-state index is 12.0.